The van der Waals surface area contributed by atoms with Crippen molar-refractivity contribution in [3.63, 3.8) is 0 Å². The monoisotopic (exact) mass is 559 g/mol. The van der Waals surface area contributed by atoms with Crippen molar-refractivity contribution in [1.82, 2.24) is 34.0 Å². The van der Waals surface area contributed by atoms with Crippen molar-refractivity contribution in [1.29, 1.82) is 0 Å². The molecule has 41 heavy (non-hydrogen) atoms. The summed E-state index contributed by atoms with van der Waals surface area (Å²) >= 11 is 0. The molecule has 5 heterocycles. The predicted octanol–water partition coefficient (Wildman–Crippen LogP) is 5.54. The summed E-state index contributed by atoms with van der Waals surface area (Å²) < 4.78 is 44.5. The van der Waals surface area contributed by atoms with Crippen LogP contribution >= 0.6 is 0 Å². The Morgan fingerprint density at radius 2 is 1.71 bits per heavy atom. The second-order valence-corrected chi connectivity index (χ2v) is 10.3. The maximum atomic E-state index is 13.7. The van der Waals surface area contributed by atoms with Crippen molar-refractivity contribution < 1.29 is 18.0 Å². The number of aromatic nitrogens is 6. The highest BCUT2D eigenvalue weighted by molar-refractivity contribution is 5.97. The largest absolute Gasteiger partial charge is 0.326 e. The fraction of sp³-hybridized carbons (Fsp3) is 0.300. The van der Waals surface area contributed by atoms with Crippen molar-refractivity contribution in [2.45, 2.75) is 38.6 Å². The third-order valence-corrected chi connectivity index (χ3v) is 7.44. The molecule has 1 aromatic carbocycles. The van der Waals surface area contributed by atoms with Crippen LogP contribution in [0.2, 0.25) is 0 Å². The number of ketones is 1. The summed E-state index contributed by atoms with van der Waals surface area (Å²) in [6.45, 7) is 5.27. The van der Waals surface area contributed by atoms with Crippen LogP contribution in [-0.2, 0) is 6.42 Å². The lowest BCUT2D eigenvalue weighted by molar-refractivity contribution is 0.0990. The summed E-state index contributed by atoms with van der Waals surface area (Å²) in [5.74, 6) is -2.92. The van der Waals surface area contributed by atoms with Gasteiger partial charge in [-0.15, -0.1) is 0 Å². The average molecular weight is 560 g/mol. The summed E-state index contributed by atoms with van der Waals surface area (Å²) in [5, 5.41) is 4.82. The number of halogens is 3. The van der Waals surface area contributed by atoms with Gasteiger partial charge in [0.05, 0.1) is 36.0 Å². The Balaban J connectivity index is 1.34. The first kappa shape index (κ1) is 26.8. The molecule has 11 heteroatoms. The summed E-state index contributed by atoms with van der Waals surface area (Å²) in [7, 11) is 0. The van der Waals surface area contributed by atoms with E-state index in [2.05, 4.69) is 26.4 Å². The molecule has 0 bridgehead atoms. The number of Topliss-reactive ketones (excluding diaryl/α,β-unsaturated/α-hetero) is 1. The molecular formula is C30H28F3N7O. The first-order valence-electron chi connectivity index (χ1n) is 13.6. The molecule has 0 radical (unpaired) electrons. The number of nitrogens with zero attached hydrogens (tertiary/aromatic N) is 7. The molecule has 210 valence electrons. The highest BCUT2D eigenvalue weighted by Crippen LogP contribution is 2.35. The maximum Gasteiger partial charge on any atom is 0.216 e. The number of likely N-dealkylation sites (tertiary alicyclic amines) is 1. The molecule has 1 fully saturated rings. The van der Waals surface area contributed by atoms with Gasteiger partial charge in [-0.1, -0.05) is 6.92 Å². The van der Waals surface area contributed by atoms with Crippen LogP contribution in [0.25, 0.3) is 28.3 Å². The highest BCUT2D eigenvalue weighted by Gasteiger charge is 2.26. The molecule has 1 aliphatic rings. The molecule has 0 atom stereocenters. The number of benzene rings is 1. The van der Waals surface area contributed by atoms with Gasteiger partial charge in [-0.2, -0.15) is 18.9 Å². The molecule has 0 N–H and O–H groups in total. The van der Waals surface area contributed by atoms with Gasteiger partial charge in [-0.05, 0) is 62.2 Å². The van der Waals surface area contributed by atoms with E-state index in [1.807, 2.05) is 12.4 Å². The van der Waals surface area contributed by atoms with E-state index in [-0.39, 0.29) is 23.8 Å². The lowest BCUT2D eigenvalue weighted by atomic mass is 10.0. The van der Waals surface area contributed by atoms with Crippen molar-refractivity contribution >= 4 is 11.4 Å². The Kier molecular flexibility index (Phi) is 7.36. The maximum absolute atomic E-state index is 13.7. The fourth-order valence-corrected chi connectivity index (χ4v) is 5.48. The van der Waals surface area contributed by atoms with Crippen LogP contribution in [-0.4, -0.2) is 59.5 Å². The standard InChI is InChI=1S/C30H28F3N7O/c1-2-11-38-12-9-23(10-13-38)39-18-34-29(19-3-5-21(31)6-4-19)30(39)24-7-8-28-35-22(17-40(28)37-24)16-25(41)20-14-26(32)36-27(33)15-20/h3-8,14-15,17-18,23H,2,9-13,16H2,1H3. The van der Waals surface area contributed by atoms with Crippen molar-refractivity contribution in [2.75, 3.05) is 19.6 Å². The van der Waals surface area contributed by atoms with E-state index in [0.717, 1.165) is 62.3 Å². The van der Waals surface area contributed by atoms with E-state index in [9.17, 15) is 18.0 Å². The number of fused-ring (bicyclic) bond motifs is 1. The van der Waals surface area contributed by atoms with E-state index in [4.69, 9.17) is 10.1 Å². The molecule has 6 rings (SSSR count). The molecule has 0 saturated carbocycles. The zero-order chi connectivity index (χ0) is 28.5. The van der Waals surface area contributed by atoms with E-state index >= 15 is 0 Å². The summed E-state index contributed by atoms with van der Waals surface area (Å²) in [6.07, 6.45) is 6.38. The van der Waals surface area contributed by atoms with Crippen molar-refractivity contribution in [3.05, 3.63) is 90.0 Å². The molecule has 4 aromatic heterocycles. The SMILES string of the molecule is CCCN1CCC(n2cnc(-c3ccc(F)cc3)c2-c2ccc3nc(CC(=O)c4cc(F)nc(F)c4)cn3n2)CC1. The number of piperidine rings is 1. The Labute approximate surface area is 234 Å². The second-order valence-electron chi connectivity index (χ2n) is 10.3. The first-order valence-corrected chi connectivity index (χ1v) is 13.6. The Hall–Kier alpha value is -4.38. The average Bonchev–Trinajstić information content (AvgIpc) is 3.57. The van der Waals surface area contributed by atoms with E-state index in [1.165, 1.54) is 12.1 Å². The second kappa shape index (κ2) is 11.2. The number of imidazole rings is 2. The molecule has 1 aliphatic heterocycles. The molecule has 1 saturated heterocycles. The number of carbonyl (C=O) groups excluding carboxylic acids is 1. The minimum absolute atomic E-state index is 0.112. The lowest BCUT2D eigenvalue weighted by Crippen LogP contribution is -2.35. The van der Waals surface area contributed by atoms with Crippen LogP contribution in [0.15, 0.2) is 61.1 Å². The van der Waals surface area contributed by atoms with Gasteiger partial charge in [0.1, 0.15) is 11.5 Å². The normalized spacial score (nSPS) is 14.6. The van der Waals surface area contributed by atoms with Gasteiger partial charge in [0.2, 0.25) is 11.9 Å². The Morgan fingerprint density at radius 3 is 2.41 bits per heavy atom. The molecule has 8 nitrogen and oxygen atoms in total. The summed E-state index contributed by atoms with van der Waals surface area (Å²) in [6, 6.07) is 11.9. The van der Waals surface area contributed by atoms with Gasteiger partial charge in [0.25, 0.3) is 0 Å². The minimum Gasteiger partial charge on any atom is -0.326 e. The van der Waals surface area contributed by atoms with Crippen LogP contribution in [0.1, 0.15) is 48.3 Å². The van der Waals surface area contributed by atoms with Gasteiger partial charge in [-0.25, -0.2) is 18.9 Å². The topological polar surface area (TPSA) is 81.2 Å². The molecule has 5 aromatic rings. The molecule has 0 amide bonds. The third-order valence-electron chi connectivity index (χ3n) is 7.44. The van der Waals surface area contributed by atoms with Gasteiger partial charge >= 0.3 is 0 Å². The smallest absolute Gasteiger partial charge is 0.216 e. The van der Waals surface area contributed by atoms with Gasteiger partial charge in [0, 0.05) is 42.4 Å². The van der Waals surface area contributed by atoms with Crippen LogP contribution in [0.4, 0.5) is 13.2 Å². The summed E-state index contributed by atoms with van der Waals surface area (Å²) in [5.41, 5.74) is 3.77. The van der Waals surface area contributed by atoms with Crippen LogP contribution in [0.5, 0.6) is 0 Å². The van der Waals surface area contributed by atoms with Crippen LogP contribution in [0.3, 0.4) is 0 Å². The minimum atomic E-state index is -1.06. The van der Waals surface area contributed by atoms with Gasteiger partial charge < -0.3 is 9.47 Å². The molecule has 0 spiro atoms. The van der Waals surface area contributed by atoms with E-state index < -0.39 is 17.7 Å². The third kappa shape index (κ3) is 5.62. The number of pyridine rings is 1. The van der Waals surface area contributed by atoms with E-state index in [0.29, 0.717) is 22.7 Å². The fourth-order valence-electron chi connectivity index (χ4n) is 5.48. The lowest BCUT2D eigenvalue weighted by Gasteiger charge is -2.33. The number of rotatable bonds is 8. The number of hydrogen-bond donors (Lipinski definition) is 0. The Bertz CT molecular complexity index is 1690. The van der Waals surface area contributed by atoms with Gasteiger partial charge in [-0.3, -0.25) is 4.79 Å². The quantitative estimate of drug-likeness (QED) is 0.183. The van der Waals surface area contributed by atoms with Crippen LogP contribution in [0, 0.1) is 17.7 Å². The zero-order valence-corrected chi connectivity index (χ0v) is 22.5. The van der Waals surface area contributed by atoms with Crippen molar-refractivity contribution in [2.24, 2.45) is 0 Å². The highest BCUT2D eigenvalue weighted by atomic mass is 19.1. The van der Waals surface area contributed by atoms with E-state index in [1.54, 1.807) is 28.9 Å². The Morgan fingerprint density at radius 1 is 0.976 bits per heavy atom. The zero-order valence-electron chi connectivity index (χ0n) is 22.5. The van der Waals surface area contributed by atoms with Gasteiger partial charge in [0.15, 0.2) is 11.4 Å². The molecule has 0 unspecified atom stereocenters. The number of carbonyl (C=O) groups is 1. The first-order chi connectivity index (χ1) is 19.9. The molecular weight excluding hydrogens is 531 g/mol. The van der Waals surface area contributed by atoms with Crippen LogP contribution < -0.4 is 0 Å². The molecule has 0 aliphatic carbocycles. The summed E-state index contributed by atoms with van der Waals surface area (Å²) in [4.78, 5) is 27.4. The predicted molar refractivity (Wildman–Crippen MR) is 147 cm³/mol. The van der Waals surface area contributed by atoms with Crippen molar-refractivity contribution in [3.8, 4) is 22.6 Å². The number of hydrogen-bond acceptors (Lipinski definition) is 6.